The van der Waals surface area contributed by atoms with E-state index in [4.69, 9.17) is 19.3 Å². The average Bonchev–Trinajstić information content (AvgIpc) is 3.20. The lowest BCUT2D eigenvalue weighted by Crippen LogP contribution is -2.60. The fraction of sp³-hybridized carbons (Fsp3) is 0.444. The van der Waals surface area contributed by atoms with Crippen LogP contribution in [-0.2, 0) is 17.7 Å². The van der Waals surface area contributed by atoms with E-state index in [0.717, 1.165) is 28.1 Å². The van der Waals surface area contributed by atoms with Gasteiger partial charge in [-0.2, -0.15) is 0 Å². The normalized spacial score (nSPS) is 24.2. The number of aliphatic hydroxyl groups is 4. The predicted octanol–water partition coefficient (Wildman–Crippen LogP) is 1.98. The molecular weight excluding hydrogens is 464 g/mol. The molecule has 0 unspecified atom stereocenters. The maximum atomic E-state index is 10.6. The molecule has 0 saturated carbocycles. The Labute approximate surface area is 210 Å². The van der Waals surface area contributed by atoms with Crippen LogP contribution in [0, 0.1) is 5.92 Å². The average molecular weight is 499 g/mol. The lowest BCUT2D eigenvalue weighted by atomic mass is 9.99. The Bertz CT molecular complexity index is 1120. The number of methoxy groups -OCH3 is 1. The molecule has 0 bridgehead atoms. The van der Waals surface area contributed by atoms with Gasteiger partial charge in [-0.25, -0.2) is 0 Å². The van der Waals surface area contributed by atoms with Gasteiger partial charge in [0.1, 0.15) is 30.2 Å². The molecule has 0 spiro atoms. The second kappa shape index (κ2) is 11.4. The van der Waals surface area contributed by atoms with Crippen LogP contribution in [0.4, 0.5) is 0 Å². The van der Waals surface area contributed by atoms with Crippen molar-refractivity contribution in [2.75, 3.05) is 13.7 Å². The molecule has 0 aliphatic carbocycles. The number of rotatable bonds is 9. The first kappa shape index (κ1) is 26.1. The molecule has 0 radical (unpaired) electrons. The summed E-state index contributed by atoms with van der Waals surface area (Å²) in [4.78, 5) is 0. The van der Waals surface area contributed by atoms with Gasteiger partial charge in [0.2, 0.25) is 12.2 Å². The second-order valence-corrected chi connectivity index (χ2v) is 9.41. The van der Waals surface area contributed by atoms with E-state index in [1.54, 1.807) is 7.11 Å². The molecule has 1 saturated heterocycles. The van der Waals surface area contributed by atoms with Crippen molar-refractivity contribution in [1.82, 2.24) is 9.78 Å². The minimum absolute atomic E-state index is 0.245. The second-order valence-electron chi connectivity index (χ2n) is 9.41. The fourth-order valence-electron chi connectivity index (χ4n) is 4.35. The van der Waals surface area contributed by atoms with Crippen molar-refractivity contribution in [1.29, 1.82) is 0 Å². The third-order valence-electron chi connectivity index (χ3n) is 6.22. The molecule has 1 aromatic heterocycles. The molecule has 4 N–H and O–H groups in total. The predicted molar refractivity (Wildman–Crippen MR) is 133 cm³/mol. The van der Waals surface area contributed by atoms with Gasteiger partial charge in [-0.3, -0.25) is 4.68 Å². The number of benzene rings is 2. The largest absolute Gasteiger partial charge is 0.497 e. The molecule has 1 aliphatic heterocycles. The molecule has 2 heterocycles. The van der Waals surface area contributed by atoms with Gasteiger partial charge in [0.15, 0.2) is 0 Å². The van der Waals surface area contributed by atoms with Gasteiger partial charge in [0, 0.05) is 24.1 Å². The highest BCUT2D eigenvalue weighted by molar-refractivity contribution is 5.67. The number of hydrogen-bond donors (Lipinski definition) is 4. The van der Waals surface area contributed by atoms with Gasteiger partial charge < -0.3 is 34.6 Å². The summed E-state index contributed by atoms with van der Waals surface area (Å²) in [7, 11) is 1.62. The quantitative estimate of drug-likeness (QED) is 0.353. The van der Waals surface area contributed by atoms with Gasteiger partial charge in [-0.15, -0.1) is 5.10 Å². The van der Waals surface area contributed by atoms with Crippen molar-refractivity contribution in [3.63, 3.8) is 0 Å². The highest BCUT2D eigenvalue weighted by Crippen LogP contribution is 2.35. The van der Waals surface area contributed by atoms with Crippen LogP contribution in [0.2, 0.25) is 0 Å². The van der Waals surface area contributed by atoms with E-state index in [0.29, 0.717) is 18.9 Å². The number of aromatic nitrogens is 2. The number of hydrogen-bond acceptors (Lipinski definition) is 8. The van der Waals surface area contributed by atoms with Crippen LogP contribution in [0.3, 0.4) is 0 Å². The SMILES string of the molecule is COc1ccc(Cc2c(O[C@@H]3O[C@H](CO)[C@@H](O)[C@H](O)[C@H]3O)nn(CC(C)C)c2-c2ccccc2)cc1. The lowest BCUT2D eigenvalue weighted by Gasteiger charge is -2.39. The Kier molecular flexibility index (Phi) is 8.28. The zero-order chi connectivity index (χ0) is 25.8. The summed E-state index contributed by atoms with van der Waals surface area (Å²) in [6, 6.07) is 17.6. The van der Waals surface area contributed by atoms with E-state index in [9.17, 15) is 20.4 Å². The number of ether oxygens (including phenoxy) is 3. The Balaban J connectivity index is 1.78. The molecule has 2 aromatic carbocycles. The highest BCUT2D eigenvalue weighted by Gasteiger charge is 2.45. The monoisotopic (exact) mass is 498 g/mol. The van der Waals surface area contributed by atoms with Crippen molar-refractivity contribution in [3.8, 4) is 22.9 Å². The first-order valence-corrected chi connectivity index (χ1v) is 12.1. The maximum absolute atomic E-state index is 10.6. The van der Waals surface area contributed by atoms with Gasteiger partial charge in [-0.05, 0) is 23.6 Å². The number of aliphatic hydroxyl groups excluding tert-OH is 4. The molecule has 194 valence electrons. The third-order valence-corrected chi connectivity index (χ3v) is 6.22. The molecule has 0 amide bonds. The molecule has 5 atom stereocenters. The summed E-state index contributed by atoms with van der Waals surface area (Å²) < 4.78 is 18.9. The van der Waals surface area contributed by atoms with Crippen molar-refractivity contribution in [3.05, 3.63) is 65.7 Å². The van der Waals surface area contributed by atoms with Crippen LogP contribution in [0.15, 0.2) is 54.6 Å². The fourth-order valence-corrected chi connectivity index (χ4v) is 4.35. The van der Waals surface area contributed by atoms with Gasteiger partial charge in [0.05, 0.1) is 19.4 Å². The van der Waals surface area contributed by atoms with E-state index in [-0.39, 0.29) is 5.88 Å². The van der Waals surface area contributed by atoms with E-state index in [1.807, 2.05) is 59.3 Å². The van der Waals surface area contributed by atoms with Gasteiger partial charge in [0.25, 0.3) is 0 Å². The van der Waals surface area contributed by atoms with Crippen LogP contribution in [-0.4, -0.2) is 74.6 Å². The van der Waals surface area contributed by atoms with E-state index in [2.05, 4.69) is 13.8 Å². The van der Waals surface area contributed by atoms with Crippen molar-refractivity contribution < 1.29 is 34.6 Å². The number of nitrogens with zero attached hydrogens (tertiary/aromatic N) is 2. The van der Waals surface area contributed by atoms with Crippen LogP contribution < -0.4 is 9.47 Å². The molecule has 9 heteroatoms. The van der Waals surface area contributed by atoms with Crippen LogP contribution >= 0.6 is 0 Å². The topological polar surface area (TPSA) is 126 Å². The molecule has 1 fully saturated rings. The van der Waals surface area contributed by atoms with Crippen LogP contribution in [0.25, 0.3) is 11.3 Å². The molecule has 1 aliphatic rings. The first-order chi connectivity index (χ1) is 17.3. The van der Waals surface area contributed by atoms with E-state index < -0.39 is 37.3 Å². The molecule has 3 aromatic rings. The van der Waals surface area contributed by atoms with Crippen molar-refractivity contribution in [2.45, 2.75) is 57.5 Å². The zero-order valence-electron chi connectivity index (χ0n) is 20.7. The summed E-state index contributed by atoms with van der Waals surface area (Å²) in [5, 5.41) is 45.3. The third kappa shape index (κ3) is 5.55. The summed E-state index contributed by atoms with van der Waals surface area (Å²) in [6.07, 6.45) is -6.49. The summed E-state index contributed by atoms with van der Waals surface area (Å²) in [5.74, 6) is 1.28. The van der Waals surface area contributed by atoms with Crippen molar-refractivity contribution >= 4 is 0 Å². The van der Waals surface area contributed by atoms with Crippen molar-refractivity contribution in [2.24, 2.45) is 5.92 Å². The maximum Gasteiger partial charge on any atom is 0.239 e. The minimum atomic E-state index is -1.54. The smallest absolute Gasteiger partial charge is 0.239 e. The van der Waals surface area contributed by atoms with E-state index in [1.165, 1.54) is 0 Å². The first-order valence-electron chi connectivity index (χ1n) is 12.1. The van der Waals surface area contributed by atoms with Crippen LogP contribution in [0.1, 0.15) is 25.0 Å². The Morgan fingerprint density at radius 3 is 2.28 bits per heavy atom. The molecule has 36 heavy (non-hydrogen) atoms. The molecule has 4 rings (SSSR count). The summed E-state index contributed by atoms with van der Waals surface area (Å²) in [5.41, 5.74) is 3.61. The standard InChI is InChI=1S/C27H34N2O7/c1-16(2)14-29-22(18-7-5-4-6-8-18)20(13-17-9-11-19(34-3)12-10-17)26(28-29)36-27-25(33)24(32)23(31)21(15-30)35-27/h4-12,16,21,23-25,27,30-33H,13-15H2,1-3H3/t21-,23-,24+,25-,27+/m1/s1. The Hall–Kier alpha value is -2.95. The van der Waals surface area contributed by atoms with Gasteiger partial charge in [-0.1, -0.05) is 56.3 Å². The lowest BCUT2D eigenvalue weighted by molar-refractivity contribution is -0.278. The Morgan fingerprint density at radius 1 is 0.972 bits per heavy atom. The summed E-state index contributed by atoms with van der Waals surface area (Å²) in [6.45, 7) is 4.27. The molecular formula is C27H34N2O7. The minimum Gasteiger partial charge on any atom is -0.497 e. The van der Waals surface area contributed by atoms with Crippen LogP contribution in [0.5, 0.6) is 11.6 Å². The molecule has 9 nitrogen and oxygen atoms in total. The highest BCUT2D eigenvalue weighted by atomic mass is 16.7. The zero-order valence-corrected chi connectivity index (χ0v) is 20.7. The van der Waals surface area contributed by atoms with Gasteiger partial charge >= 0.3 is 0 Å². The Morgan fingerprint density at radius 2 is 1.67 bits per heavy atom. The van der Waals surface area contributed by atoms with E-state index >= 15 is 0 Å². The summed E-state index contributed by atoms with van der Waals surface area (Å²) >= 11 is 0.